The molecule has 1 aromatic rings. The Morgan fingerprint density at radius 1 is 1.59 bits per heavy atom. The minimum absolute atomic E-state index is 0.300. The first-order valence-electron chi connectivity index (χ1n) is 6.35. The third-order valence-corrected chi connectivity index (χ3v) is 3.40. The Kier molecular flexibility index (Phi) is 4.24. The molecule has 1 heterocycles. The van der Waals surface area contributed by atoms with Crippen LogP contribution in [0.1, 0.15) is 44.2 Å². The summed E-state index contributed by atoms with van der Waals surface area (Å²) in [4.78, 5) is 4.14. The lowest BCUT2D eigenvalue weighted by atomic mass is 10.0. The van der Waals surface area contributed by atoms with Gasteiger partial charge < -0.3 is 11.1 Å². The molecule has 1 aliphatic rings. The summed E-state index contributed by atoms with van der Waals surface area (Å²) < 4.78 is 0. The smallest absolute Gasteiger partial charge is 0.128 e. The maximum Gasteiger partial charge on any atom is 0.128 e. The molecule has 1 aliphatic carbocycles. The molecule has 2 rings (SSSR count). The normalized spacial score (nSPS) is 17.1. The van der Waals surface area contributed by atoms with Gasteiger partial charge in [0.15, 0.2) is 0 Å². The fourth-order valence-corrected chi connectivity index (χ4v) is 2.24. The standard InChI is InChI=1S/C13H20ClN3/c1-2-5-16-12(6-9-3-4-9)11-7-10(14)8-17-13(11)15/h7-9,12,16H,2-6H2,1H3,(H2,15,17). The van der Waals surface area contributed by atoms with E-state index in [0.717, 1.165) is 30.9 Å². The summed E-state index contributed by atoms with van der Waals surface area (Å²) in [5, 5.41) is 4.21. The molecule has 0 aliphatic heterocycles. The molecule has 3 N–H and O–H groups in total. The molecule has 0 bridgehead atoms. The van der Waals surface area contributed by atoms with Crippen molar-refractivity contribution in [1.29, 1.82) is 0 Å². The summed E-state index contributed by atoms with van der Waals surface area (Å²) in [7, 11) is 0. The molecule has 1 aromatic heterocycles. The molecule has 17 heavy (non-hydrogen) atoms. The van der Waals surface area contributed by atoms with Crippen molar-refractivity contribution in [3.8, 4) is 0 Å². The number of nitrogens with zero attached hydrogens (tertiary/aromatic N) is 1. The molecule has 1 atom stereocenters. The number of aromatic nitrogens is 1. The monoisotopic (exact) mass is 253 g/mol. The molecule has 0 radical (unpaired) electrons. The van der Waals surface area contributed by atoms with Crippen LogP contribution in [0.25, 0.3) is 0 Å². The summed E-state index contributed by atoms with van der Waals surface area (Å²) >= 11 is 6.00. The van der Waals surface area contributed by atoms with E-state index in [4.69, 9.17) is 17.3 Å². The van der Waals surface area contributed by atoms with Crippen LogP contribution in [0.3, 0.4) is 0 Å². The second-order valence-corrected chi connectivity index (χ2v) is 5.25. The topological polar surface area (TPSA) is 50.9 Å². The van der Waals surface area contributed by atoms with E-state index in [-0.39, 0.29) is 0 Å². The van der Waals surface area contributed by atoms with Crippen molar-refractivity contribution in [3.63, 3.8) is 0 Å². The highest BCUT2D eigenvalue weighted by atomic mass is 35.5. The third kappa shape index (κ3) is 3.58. The maximum absolute atomic E-state index is 6.00. The van der Waals surface area contributed by atoms with Crippen molar-refractivity contribution in [2.75, 3.05) is 12.3 Å². The van der Waals surface area contributed by atoms with E-state index in [9.17, 15) is 0 Å². The highest BCUT2D eigenvalue weighted by Gasteiger charge is 2.27. The average Bonchev–Trinajstić information content (AvgIpc) is 3.11. The van der Waals surface area contributed by atoms with Crippen molar-refractivity contribution in [1.82, 2.24) is 10.3 Å². The number of hydrogen-bond donors (Lipinski definition) is 2. The second-order valence-electron chi connectivity index (χ2n) is 4.81. The zero-order valence-corrected chi connectivity index (χ0v) is 11.0. The van der Waals surface area contributed by atoms with Crippen molar-refractivity contribution in [3.05, 3.63) is 22.8 Å². The molecule has 0 spiro atoms. The summed E-state index contributed by atoms with van der Waals surface area (Å²) in [6.07, 6.45) is 6.56. The van der Waals surface area contributed by atoms with E-state index in [0.29, 0.717) is 16.9 Å². The highest BCUT2D eigenvalue weighted by molar-refractivity contribution is 6.30. The van der Waals surface area contributed by atoms with Gasteiger partial charge in [-0.15, -0.1) is 0 Å². The van der Waals surface area contributed by atoms with Gasteiger partial charge in [-0.2, -0.15) is 0 Å². The molecule has 94 valence electrons. The number of nitrogen functional groups attached to an aromatic ring is 1. The van der Waals surface area contributed by atoms with Crippen molar-refractivity contribution >= 4 is 17.4 Å². The van der Waals surface area contributed by atoms with Gasteiger partial charge in [-0.3, -0.25) is 0 Å². The van der Waals surface area contributed by atoms with Crippen molar-refractivity contribution in [2.24, 2.45) is 5.92 Å². The molecular weight excluding hydrogens is 234 g/mol. The van der Waals surface area contributed by atoms with Crippen LogP contribution in [0.15, 0.2) is 12.3 Å². The van der Waals surface area contributed by atoms with Crippen LogP contribution < -0.4 is 11.1 Å². The van der Waals surface area contributed by atoms with Gasteiger partial charge in [0.05, 0.1) is 5.02 Å². The van der Waals surface area contributed by atoms with Gasteiger partial charge in [-0.1, -0.05) is 31.4 Å². The Labute approximate surface area is 108 Å². The zero-order chi connectivity index (χ0) is 12.3. The predicted octanol–water partition coefficient (Wildman–Crippen LogP) is 3.16. The van der Waals surface area contributed by atoms with Gasteiger partial charge >= 0.3 is 0 Å². The van der Waals surface area contributed by atoms with Crippen LogP contribution in [0.4, 0.5) is 5.82 Å². The Hall–Kier alpha value is -0.800. The van der Waals surface area contributed by atoms with Gasteiger partial charge in [-0.05, 0) is 31.4 Å². The fourth-order valence-electron chi connectivity index (χ4n) is 2.07. The number of hydrogen-bond acceptors (Lipinski definition) is 3. The van der Waals surface area contributed by atoms with E-state index >= 15 is 0 Å². The largest absolute Gasteiger partial charge is 0.383 e. The summed E-state index contributed by atoms with van der Waals surface area (Å²) in [6.45, 7) is 3.17. The number of pyridine rings is 1. The number of anilines is 1. The minimum atomic E-state index is 0.300. The van der Waals surface area contributed by atoms with Gasteiger partial charge in [0, 0.05) is 17.8 Å². The predicted molar refractivity (Wildman–Crippen MR) is 72.0 cm³/mol. The van der Waals surface area contributed by atoms with Crippen LogP contribution >= 0.6 is 11.6 Å². The second kappa shape index (κ2) is 5.69. The van der Waals surface area contributed by atoms with Crippen LogP contribution in [0.2, 0.25) is 5.02 Å². The molecule has 1 saturated carbocycles. The fraction of sp³-hybridized carbons (Fsp3) is 0.615. The molecule has 1 fully saturated rings. The maximum atomic E-state index is 6.00. The Balaban J connectivity index is 2.13. The highest BCUT2D eigenvalue weighted by Crippen LogP contribution is 2.38. The van der Waals surface area contributed by atoms with E-state index < -0.39 is 0 Å². The first kappa shape index (κ1) is 12.7. The number of nitrogens with two attached hydrogens (primary N) is 1. The van der Waals surface area contributed by atoms with Gasteiger partial charge in [0.2, 0.25) is 0 Å². The lowest BCUT2D eigenvalue weighted by Gasteiger charge is -2.20. The molecular formula is C13H20ClN3. The van der Waals surface area contributed by atoms with Crippen LogP contribution in [-0.2, 0) is 0 Å². The lowest BCUT2D eigenvalue weighted by molar-refractivity contribution is 0.474. The first-order chi connectivity index (χ1) is 8.20. The number of nitrogens with one attached hydrogen (secondary N) is 1. The van der Waals surface area contributed by atoms with Gasteiger partial charge in [0.25, 0.3) is 0 Å². The average molecular weight is 254 g/mol. The first-order valence-corrected chi connectivity index (χ1v) is 6.72. The van der Waals surface area contributed by atoms with E-state index in [1.165, 1.54) is 12.8 Å². The van der Waals surface area contributed by atoms with Crippen LogP contribution in [0, 0.1) is 5.92 Å². The Morgan fingerprint density at radius 3 is 3.00 bits per heavy atom. The quantitative estimate of drug-likeness (QED) is 0.819. The van der Waals surface area contributed by atoms with E-state index in [1.54, 1.807) is 6.20 Å². The number of halogens is 1. The molecule has 3 nitrogen and oxygen atoms in total. The summed E-state index contributed by atoms with van der Waals surface area (Å²) in [6, 6.07) is 2.24. The van der Waals surface area contributed by atoms with Gasteiger partial charge in [-0.25, -0.2) is 4.98 Å². The van der Waals surface area contributed by atoms with Gasteiger partial charge in [0.1, 0.15) is 5.82 Å². The molecule has 1 unspecified atom stereocenters. The van der Waals surface area contributed by atoms with E-state index in [1.807, 2.05) is 6.07 Å². The van der Waals surface area contributed by atoms with Crippen molar-refractivity contribution < 1.29 is 0 Å². The zero-order valence-electron chi connectivity index (χ0n) is 10.2. The Bertz CT molecular complexity index is 377. The summed E-state index contributed by atoms with van der Waals surface area (Å²) in [5.41, 5.74) is 7.00. The third-order valence-electron chi connectivity index (χ3n) is 3.20. The molecule has 0 saturated heterocycles. The van der Waals surface area contributed by atoms with E-state index in [2.05, 4.69) is 17.2 Å². The van der Waals surface area contributed by atoms with Crippen LogP contribution in [0.5, 0.6) is 0 Å². The molecule has 0 aromatic carbocycles. The van der Waals surface area contributed by atoms with Crippen LogP contribution in [-0.4, -0.2) is 11.5 Å². The van der Waals surface area contributed by atoms with Crippen molar-refractivity contribution in [2.45, 2.75) is 38.6 Å². The molecule has 0 amide bonds. The number of rotatable bonds is 6. The Morgan fingerprint density at radius 2 is 2.35 bits per heavy atom. The summed E-state index contributed by atoms with van der Waals surface area (Å²) in [5.74, 6) is 1.45. The SMILES string of the molecule is CCCNC(CC1CC1)c1cc(Cl)cnc1N. The lowest BCUT2D eigenvalue weighted by Crippen LogP contribution is -2.24. The molecule has 4 heteroatoms. The minimum Gasteiger partial charge on any atom is -0.383 e.